The molecular formula is C8H6FN3OS. The van der Waals surface area contributed by atoms with E-state index in [1.54, 1.807) is 11.6 Å². The van der Waals surface area contributed by atoms with Crippen LogP contribution in [0.3, 0.4) is 0 Å². The topological polar surface area (TPSA) is 60.9 Å². The predicted molar refractivity (Wildman–Crippen MR) is 52.1 cm³/mol. The number of thiazole rings is 1. The highest BCUT2D eigenvalue weighted by Crippen LogP contribution is 2.10. The Kier molecular flexibility index (Phi) is 2.05. The summed E-state index contributed by atoms with van der Waals surface area (Å²) in [5, 5.41) is 2.20. The van der Waals surface area contributed by atoms with Crippen molar-refractivity contribution in [2.45, 2.75) is 0 Å². The van der Waals surface area contributed by atoms with E-state index in [-0.39, 0.29) is 5.69 Å². The van der Waals surface area contributed by atoms with Gasteiger partial charge in [0.25, 0.3) is 5.56 Å². The van der Waals surface area contributed by atoms with Crippen LogP contribution in [0.5, 0.6) is 0 Å². The molecule has 0 saturated heterocycles. The van der Waals surface area contributed by atoms with Crippen molar-refractivity contribution in [2.24, 2.45) is 0 Å². The molecule has 2 aromatic heterocycles. The number of rotatable bonds is 1. The number of nitrogen functional groups attached to an aromatic ring is 1. The summed E-state index contributed by atoms with van der Waals surface area (Å²) in [6.07, 6.45) is 2.87. The highest BCUT2D eigenvalue weighted by Gasteiger charge is 2.08. The molecule has 0 amide bonds. The van der Waals surface area contributed by atoms with Crippen molar-refractivity contribution in [3.8, 4) is 5.13 Å². The molecule has 6 heteroatoms. The fraction of sp³-hybridized carbons (Fsp3) is 0. The summed E-state index contributed by atoms with van der Waals surface area (Å²) in [7, 11) is 0. The third-order valence-corrected chi connectivity index (χ3v) is 2.47. The summed E-state index contributed by atoms with van der Waals surface area (Å²) in [6, 6.07) is 1.14. The summed E-state index contributed by atoms with van der Waals surface area (Å²) in [5.41, 5.74) is 4.29. The van der Waals surface area contributed by atoms with Crippen LogP contribution in [0.2, 0.25) is 0 Å². The van der Waals surface area contributed by atoms with Crippen LogP contribution in [0.25, 0.3) is 5.13 Å². The lowest BCUT2D eigenvalue weighted by atomic mass is 10.4. The summed E-state index contributed by atoms with van der Waals surface area (Å²) in [4.78, 5) is 15.4. The second kappa shape index (κ2) is 3.22. The molecule has 2 aromatic rings. The zero-order chi connectivity index (χ0) is 10.1. The molecule has 0 aliphatic rings. The number of aromatic nitrogens is 2. The summed E-state index contributed by atoms with van der Waals surface area (Å²) < 4.78 is 14.1. The van der Waals surface area contributed by atoms with Gasteiger partial charge < -0.3 is 5.73 Å². The number of nitrogens with two attached hydrogens (primary N) is 1. The SMILES string of the molecule is Nc1c(F)ccn(-c2nccs2)c1=O. The number of hydrogen-bond acceptors (Lipinski definition) is 4. The molecule has 0 aromatic carbocycles. The second-order valence-corrected chi connectivity index (χ2v) is 3.44. The first-order valence-corrected chi connectivity index (χ1v) is 4.64. The molecule has 0 atom stereocenters. The van der Waals surface area contributed by atoms with Gasteiger partial charge in [0.15, 0.2) is 10.9 Å². The molecule has 0 unspecified atom stereocenters. The van der Waals surface area contributed by atoms with Crippen LogP contribution in [0, 0.1) is 5.82 Å². The Hall–Kier alpha value is -1.69. The van der Waals surface area contributed by atoms with Crippen molar-refractivity contribution in [2.75, 3.05) is 5.73 Å². The van der Waals surface area contributed by atoms with E-state index in [1.165, 1.54) is 22.1 Å². The van der Waals surface area contributed by atoms with E-state index in [2.05, 4.69) is 4.98 Å². The molecular weight excluding hydrogens is 205 g/mol. The minimum Gasteiger partial charge on any atom is -0.392 e. The molecule has 0 bridgehead atoms. The van der Waals surface area contributed by atoms with Gasteiger partial charge in [-0.05, 0) is 6.07 Å². The Morgan fingerprint density at radius 3 is 3.00 bits per heavy atom. The van der Waals surface area contributed by atoms with E-state index >= 15 is 0 Å². The monoisotopic (exact) mass is 211 g/mol. The summed E-state index contributed by atoms with van der Waals surface area (Å²) >= 11 is 1.28. The van der Waals surface area contributed by atoms with Gasteiger partial charge >= 0.3 is 0 Å². The van der Waals surface area contributed by atoms with E-state index < -0.39 is 11.4 Å². The number of halogens is 1. The van der Waals surface area contributed by atoms with E-state index in [1.807, 2.05) is 0 Å². The van der Waals surface area contributed by atoms with Crippen molar-refractivity contribution < 1.29 is 4.39 Å². The molecule has 0 fully saturated rings. The van der Waals surface area contributed by atoms with Gasteiger partial charge in [0, 0.05) is 17.8 Å². The average Bonchev–Trinajstić information content (AvgIpc) is 2.67. The highest BCUT2D eigenvalue weighted by atomic mass is 32.1. The second-order valence-electron chi connectivity index (χ2n) is 2.57. The quantitative estimate of drug-likeness (QED) is 0.765. The lowest BCUT2D eigenvalue weighted by Gasteiger charge is -2.01. The first kappa shape index (κ1) is 8.89. The van der Waals surface area contributed by atoms with Gasteiger partial charge in [-0.1, -0.05) is 0 Å². The Labute approximate surface area is 82.4 Å². The molecule has 0 radical (unpaired) electrons. The smallest absolute Gasteiger partial charge is 0.283 e. The van der Waals surface area contributed by atoms with Crippen LogP contribution in [0.15, 0.2) is 28.6 Å². The maximum absolute atomic E-state index is 12.8. The Bertz CT molecular complexity index is 506. The van der Waals surface area contributed by atoms with Gasteiger partial charge in [-0.25, -0.2) is 9.37 Å². The summed E-state index contributed by atoms with van der Waals surface area (Å²) in [6.45, 7) is 0. The molecule has 0 spiro atoms. The van der Waals surface area contributed by atoms with Crippen LogP contribution < -0.4 is 11.3 Å². The fourth-order valence-corrected chi connectivity index (χ4v) is 1.64. The first-order valence-electron chi connectivity index (χ1n) is 3.76. The van der Waals surface area contributed by atoms with E-state index in [0.29, 0.717) is 5.13 Å². The van der Waals surface area contributed by atoms with Gasteiger partial charge in [-0.3, -0.25) is 9.36 Å². The van der Waals surface area contributed by atoms with Gasteiger partial charge in [0.1, 0.15) is 5.69 Å². The lowest BCUT2D eigenvalue weighted by molar-refractivity contribution is 0.625. The fourth-order valence-electron chi connectivity index (χ4n) is 1.01. The van der Waals surface area contributed by atoms with Gasteiger partial charge in [0.05, 0.1) is 0 Å². The molecule has 4 nitrogen and oxygen atoms in total. The van der Waals surface area contributed by atoms with Crippen molar-refractivity contribution in [3.63, 3.8) is 0 Å². The summed E-state index contributed by atoms with van der Waals surface area (Å²) in [5.74, 6) is -0.706. The Morgan fingerprint density at radius 2 is 2.36 bits per heavy atom. The van der Waals surface area contributed by atoms with E-state index in [4.69, 9.17) is 5.73 Å². The largest absolute Gasteiger partial charge is 0.392 e. The van der Waals surface area contributed by atoms with Crippen LogP contribution in [-0.4, -0.2) is 9.55 Å². The standard InChI is InChI=1S/C8H6FN3OS/c9-5-1-3-12(7(13)6(5)10)8-11-2-4-14-8/h1-4H,10H2. The van der Waals surface area contributed by atoms with Crippen molar-refractivity contribution >= 4 is 17.0 Å². The van der Waals surface area contributed by atoms with Crippen molar-refractivity contribution in [3.05, 3.63) is 40.0 Å². The number of anilines is 1. The average molecular weight is 211 g/mol. The maximum atomic E-state index is 12.8. The maximum Gasteiger partial charge on any atom is 0.283 e. The lowest BCUT2D eigenvalue weighted by Crippen LogP contribution is -2.21. The van der Waals surface area contributed by atoms with Crippen molar-refractivity contribution in [1.29, 1.82) is 0 Å². The highest BCUT2D eigenvalue weighted by molar-refractivity contribution is 7.12. The van der Waals surface area contributed by atoms with Gasteiger partial charge in [0.2, 0.25) is 0 Å². The van der Waals surface area contributed by atoms with Crippen LogP contribution >= 0.6 is 11.3 Å². The number of hydrogen-bond donors (Lipinski definition) is 1. The predicted octanol–water partition coefficient (Wildman–Crippen LogP) is 1.02. The zero-order valence-corrected chi connectivity index (χ0v) is 7.79. The third-order valence-electron chi connectivity index (χ3n) is 1.70. The molecule has 2 rings (SSSR count). The number of nitrogens with zero attached hydrogens (tertiary/aromatic N) is 2. The van der Waals surface area contributed by atoms with Gasteiger partial charge in [-0.2, -0.15) is 0 Å². The third kappa shape index (κ3) is 1.29. The van der Waals surface area contributed by atoms with E-state index in [9.17, 15) is 9.18 Å². The minimum absolute atomic E-state index is 0.386. The Morgan fingerprint density at radius 1 is 1.57 bits per heavy atom. The van der Waals surface area contributed by atoms with Crippen LogP contribution in [0.4, 0.5) is 10.1 Å². The molecule has 0 saturated carbocycles. The van der Waals surface area contributed by atoms with E-state index in [0.717, 1.165) is 6.07 Å². The zero-order valence-electron chi connectivity index (χ0n) is 6.98. The molecule has 0 aliphatic carbocycles. The minimum atomic E-state index is -0.706. The molecule has 2 heterocycles. The van der Waals surface area contributed by atoms with Crippen LogP contribution in [-0.2, 0) is 0 Å². The number of pyridine rings is 1. The molecule has 2 N–H and O–H groups in total. The molecule has 72 valence electrons. The first-order chi connectivity index (χ1) is 6.70. The van der Waals surface area contributed by atoms with Crippen LogP contribution in [0.1, 0.15) is 0 Å². The van der Waals surface area contributed by atoms with Gasteiger partial charge in [-0.15, -0.1) is 11.3 Å². The molecule has 0 aliphatic heterocycles. The van der Waals surface area contributed by atoms with Crippen molar-refractivity contribution in [1.82, 2.24) is 9.55 Å². The molecule has 14 heavy (non-hydrogen) atoms. The Balaban J connectivity index is 2.68. The normalized spacial score (nSPS) is 10.4.